The Hall–Kier alpha value is -0.890. The van der Waals surface area contributed by atoms with Crippen molar-refractivity contribution in [3.05, 3.63) is 24.8 Å². The van der Waals surface area contributed by atoms with E-state index in [4.69, 9.17) is 0 Å². The molecule has 0 spiro atoms. The number of allylic oxidation sites excluding steroid dienone is 2. The van der Waals surface area contributed by atoms with Crippen LogP contribution in [0.5, 0.6) is 0 Å². The van der Waals surface area contributed by atoms with Gasteiger partial charge in [0.15, 0.2) is 0 Å². The van der Waals surface area contributed by atoms with Gasteiger partial charge in [0.05, 0.1) is 11.8 Å². The Bertz CT molecular complexity index is 266. The maximum Gasteiger partial charge on any atom is 0.0516 e. The molecule has 2 nitrogen and oxygen atoms in total. The standard InChI is InChI=1S/C14H24N2.C2H6/c1-4-5-10-13(15-2)14-11-8-6-7-9-12-16(14)3;1-2/h4-5,10,14H,1,6-9,11-12H2,2-3H3;1-2H3/b10-5-,15-13?;. The molecule has 1 rings (SSSR count). The summed E-state index contributed by atoms with van der Waals surface area (Å²) in [6, 6.07) is 0.487. The molecule has 1 unspecified atom stereocenters. The van der Waals surface area contributed by atoms with E-state index in [-0.39, 0.29) is 0 Å². The predicted molar refractivity (Wildman–Crippen MR) is 83.5 cm³/mol. The number of rotatable bonds is 3. The third-order valence-electron chi connectivity index (χ3n) is 3.27. The van der Waals surface area contributed by atoms with E-state index in [1.54, 1.807) is 0 Å². The number of aliphatic imine (C=N–C) groups is 1. The summed E-state index contributed by atoms with van der Waals surface area (Å²) in [5, 5.41) is 0. The van der Waals surface area contributed by atoms with Gasteiger partial charge in [0.2, 0.25) is 0 Å². The highest BCUT2D eigenvalue weighted by Crippen LogP contribution is 2.16. The third kappa shape index (κ3) is 6.15. The van der Waals surface area contributed by atoms with Gasteiger partial charge in [-0.05, 0) is 32.5 Å². The van der Waals surface area contributed by atoms with Gasteiger partial charge in [-0.25, -0.2) is 0 Å². The molecule has 0 N–H and O–H groups in total. The van der Waals surface area contributed by atoms with E-state index in [0.29, 0.717) is 6.04 Å². The molecule has 104 valence electrons. The van der Waals surface area contributed by atoms with Crippen LogP contribution >= 0.6 is 0 Å². The van der Waals surface area contributed by atoms with Crippen LogP contribution in [0.15, 0.2) is 29.8 Å². The van der Waals surface area contributed by atoms with Crippen LogP contribution in [0, 0.1) is 0 Å². The Morgan fingerprint density at radius 2 is 1.89 bits per heavy atom. The molecule has 0 aromatic carbocycles. The van der Waals surface area contributed by atoms with E-state index in [0.717, 1.165) is 0 Å². The Morgan fingerprint density at radius 1 is 1.22 bits per heavy atom. The summed E-state index contributed by atoms with van der Waals surface area (Å²) in [6.45, 7) is 8.90. The second kappa shape index (κ2) is 11.2. The van der Waals surface area contributed by atoms with Crippen molar-refractivity contribution in [1.29, 1.82) is 0 Å². The van der Waals surface area contributed by atoms with E-state index in [9.17, 15) is 0 Å². The number of nitrogens with zero attached hydrogens (tertiary/aromatic N) is 2. The van der Waals surface area contributed by atoms with E-state index < -0.39 is 0 Å². The fraction of sp³-hybridized carbons (Fsp3) is 0.688. The van der Waals surface area contributed by atoms with E-state index in [1.165, 1.54) is 44.4 Å². The molecule has 0 bridgehead atoms. The first-order chi connectivity index (χ1) is 8.79. The lowest BCUT2D eigenvalue weighted by atomic mass is 9.98. The first kappa shape index (κ1) is 17.1. The molecule has 0 saturated carbocycles. The molecule has 1 heterocycles. The van der Waals surface area contributed by atoms with E-state index >= 15 is 0 Å². The minimum atomic E-state index is 0.487. The Morgan fingerprint density at radius 3 is 2.50 bits per heavy atom. The Kier molecular flexibility index (Phi) is 10.7. The molecule has 0 aromatic heterocycles. The fourth-order valence-corrected chi connectivity index (χ4v) is 2.30. The summed E-state index contributed by atoms with van der Waals surface area (Å²) in [4.78, 5) is 6.85. The zero-order valence-electron chi connectivity index (χ0n) is 12.7. The minimum Gasteiger partial charge on any atom is -0.298 e. The van der Waals surface area contributed by atoms with Crippen LogP contribution in [0.25, 0.3) is 0 Å². The van der Waals surface area contributed by atoms with Gasteiger partial charge in [0.1, 0.15) is 0 Å². The van der Waals surface area contributed by atoms with Crippen molar-refractivity contribution in [2.24, 2.45) is 4.99 Å². The molecule has 18 heavy (non-hydrogen) atoms. The monoisotopic (exact) mass is 250 g/mol. The van der Waals surface area contributed by atoms with Crippen LogP contribution < -0.4 is 0 Å². The molecular weight excluding hydrogens is 220 g/mol. The van der Waals surface area contributed by atoms with Crippen LogP contribution in [0.3, 0.4) is 0 Å². The quantitative estimate of drug-likeness (QED) is 0.544. The van der Waals surface area contributed by atoms with Crippen molar-refractivity contribution in [1.82, 2.24) is 4.90 Å². The van der Waals surface area contributed by atoms with Crippen molar-refractivity contribution in [2.75, 3.05) is 20.6 Å². The lowest BCUT2D eigenvalue weighted by Gasteiger charge is -2.30. The van der Waals surface area contributed by atoms with Crippen LogP contribution in [0.2, 0.25) is 0 Å². The zero-order valence-corrected chi connectivity index (χ0v) is 12.7. The van der Waals surface area contributed by atoms with Gasteiger partial charge in [-0.3, -0.25) is 9.89 Å². The lowest BCUT2D eigenvalue weighted by molar-refractivity contribution is 0.258. The van der Waals surface area contributed by atoms with Crippen LogP contribution in [-0.4, -0.2) is 37.3 Å². The number of hydrogen-bond donors (Lipinski definition) is 0. The van der Waals surface area contributed by atoms with Crippen LogP contribution in [0.1, 0.15) is 46.0 Å². The van der Waals surface area contributed by atoms with Gasteiger partial charge in [-0.1, -0.05) is 51.8 Å². The second-order valence-corrected chi connectivity index (χ2v) is 4.44. The molecule has 1 atom stereocenters. The molecule has 2 heteroatoms. The highest BCUT2D eigenvalue weighted by molar-refractivity contribution is 5.99. The number of hydrogen-bond acceptors (Lipinski definition) is 2. The topological polar surface area (TPSA) is 15.6 Å². The summed E-state index contributed by atoms with van der Waals surface area (Å²) in [6.07, 6.45) is 12.5. The molecule has 1 fully saturated rings. The van der Waals surface area contributed by atoms with Crippen molar-refractivity contribution in [2.45, 2.75) is 52.0 Å². The first-order valence-corrected chi connectivity index (χ1v) is 7.25. The molecule has 1 aliphatic rings. The molecule has 1 aliphatic heterocycles. The Balaban J connectivity index is 0.00000137. The first-order valence-electron chi connectivity index (χ1n) is 7.25. The fourth-order valence-electron chi connectivity index (χ4n) is 2.30. The molecule has 0 aliphatic carbocycles. The maximum atomic E-state index is 4.41. The highest BCUT2D eigenvalue weighted by atomic mass is 15.1. The van der Waals surface area contributed by atoms with Gasteiger partial charge in [-0.2, -0.15) is 0 Å². The summed E-state index contributed by atoms with van der Waals surface area (Å²) < 4.78 is 0. The highest BCUT2D eigenvalue weighted by Gasteiger charge is 2.19. The van der Waals surface area contributed by atoms with Gasteiger partial charge in [-0.15, -0.1) is 0 Å². The van der Waals surface area contributed by atoms with Crippen molar-refractivity contribution >= 4 is 5.71 Å². The average molecular weight is 250 g/mol. The molecule has 0 amide bonds. The van der Waals surface area contributed by atoms with Gasteiger partial charge in [0, 0.05) is 7.05 Å². The lowest BCUT2D eigenvalue weighted by Crippen LogP contribution is -2.39. The molecular formula is C16H30N2. The normalized spacial score (nSPS) is 22.9. The average Bonchev–Trinajstić information content (AvgIpc) is 2.40. The maximum absolute atomic E-state index is 4.41. The Labute approximate surface area is 113 Å². The second-order valence-electron chi connectivity index (χ2n) is 4.44. The third-order valence-corrected chi connectivity index (χ3v) is 3.27. The predicted octanol–water partition coefficient (Wildman–Crippen LogP) is 4.09. The smallest absolute Gasteiger partial charge is 0.0516 e. The molecule has 0 aromatic rings. The summed E-state index contributed by atoms with van der Waals surface area (Å²) in [7, 11) is 4.10. The van der Waals surface area contributed by atoms with E-state index in [2.05, 4.69) is 29.6 Å². The minimum absolute atomic E-state index is 0.487. The van der Waals surface area contributed by atoms with Crippen LogP contribution in [0.4, 0.5) is 0 Å². The number of likely N-dealkylation sites (tertiary alicyclic amines) is 1. The summed E-state index contributed by atoms with van der Waals surface area (Å²) in [5.74, 6) is 0. The molecule has 1 saturated heterocycles. The zero-order chi connectivity index (χ0) is 13.8. The van der Waals surface area contributed by atoms with Crippen molar-refractivity contribution in [3.8, 4) is 0 Å². The summed E-state index contributed by atoms with van der Waals surface area (Å²) >= 11 is 0. The molecule has 0 radical (unpaired) electrons. The van der Waals surface area contributed by atoms with Crippen LogP contribution in [-0.2, 0) is 0 Å². The summed E-state index contributed by atoms with van der Waals surface area (Å²) in [5.41, 5.74) is 1.18. The van der Waals surface area contributed by atoms with Gasteiger partial charge < -0.3 is 0 Å². The SMILES string of the molecule is C=C/C=C\C(=NC)C1CCCCCCN1C.CC. The largest absolute Gasteiger partial charge is 0.298 e. The van der Waals surface area contributed by atoms with Gasteiger partial charge in [0.25, 0.3) is 0 Å². The van der Waals surface area contributed by atoms with Crippen molar-refractivity contribution < 1.29 is 0 Å². The van der Waals surface area contributed by atoms with E-state index in [1.807, 2.05) is 33.0 Å². The van der Waals surface area contributed by atoms with Crippen molar-refractivity contribution in [3.63, 3.8) is 0 Å². The van der Waals surface area contributed by atoms with Gasteiger partial charge >= 0.3 is 0 Å².